The van der Waals surface area contributed by atoms with Crippen LogP contribution >= 0.6 is 15.9 Å². The van der Waals surface area contributed by atoms with Gasteiger partial charge in [-0.3, -0.25) is 0 Å². The fraction of sp³-hybridized carbons (Fsp3) is 0. The molecule has 0 radical (unpaired) electrons. The summed E-state index contributed by atoms with van der Waals surface area (Å²) in [6.07, 6.45) is 0. The smallest absolute Gasteiger partial charge is 0.359 e. The largest absolute Gasteiger partial charge is 0.508 e. The topological polar surface area (TPSA) is 88.2 Å². The number of hydrogen-bond donors (Lipinski definition) is 2. The minimum Gasteiger partial charge on any atom is -0.508 e. The molecule has 0 aliphatic rings. The molecule has 1 aromatic carbocycles. The van der Waals surface area contributed by atoms with Crippen LogP contribution in [0.15, 0.2) is 28.9 Å². The van der Waals surface area contributed by atoms with Crippen molar-refractivity contribution in [2.24, 2.45) is 0 Å². The Kier molecular flexibility index (Phi) is 2.61. The van der Waals surface area contributed by atoms with E-state index in [1.807, 2.05) is 0 Å². The lowest BCUT2D eigenvalue weighted by Gasteiger charge is -2.01. The number of halogens is 1. The lowest BCUT2D eigenvalue weighted by Crippen LogP contribution is -1.99. The first-order chi connectivity index (χ1) is 7.59. The lowest BCUT2D eigenvalue weighted by molar-refractivity contribution is 0.0689. The minimum absolute atomic E-state index is 0.0665. The van der Waals surface area contributed by atoms with Gasteiger partial charge in [-0.15, -0.1) is 5.10 Å². The molecule has 0 fully saturated rings. The van der Waals surface area contributed by atoms with Crippen molar-refractivity contribution < 1.29 is 15.0 Å². The molecular weight excluding hydrogens is 278 g/mol. The van der Waals surface area contributed by atoms with E-state index in [2.05, 4.69) is 26.2 Å². The summed E-state index contributed by atoms with van der Waals surface area (Å²) in [6, 6.07) is 6.25. The summed E-state index contributed by atoms with van der Waals surface area (Å²) in [7, 11) is 0. The van der Waals surface area contributed by atoms with Gasteiger partial charge in [-0.2, -0.15) is 0 Å². The first-order valence-electron chi connectivity index (χ1n) is 4.23. The fourth-order valence-electron chi connectivity index (χ4n) is 1.19. The summed E-state index contributed by atoms with van der Waals surface area (Å²) in [5, 5.41) is 25.3. The van der Waals surface area contributed by atoms with Gasteiger partial charge in [0.1, 0.15) is 10.4 Å². The molecule has 1 heterocycles. The molecule has 0 aliphatic heterocycles. The Morgan fingerprint density at radius 3 is 2.75 bits per heavy atom. The van der Waals surface area contributed by atoms with Crippen molar-refractivity contribution in [3.8, 4) is 11.4 Å². The Morgan fingerprint density at radius 1 is 1.44 bits per heavy atom. The number of carboxylic acids is 1. The third-order valence-electron chi connectivity index (χ3n) is 1.89. The number of aromatic nitrogens is 3. The molecule has 0 amide bonds. The first-order valence-corrected chi connectivity index (χ1v) is 5.03. The standard InChI is InChI=1S/C9H6BrN3O3/c10-8-7(9(15)16)11-12-13(8)5-2-1-3-6(14)4-5/h1-4,14H,(H,15,16). The van der Waals surface area contributed by atoms with Crippen molar-refractivity contribution in [3.63, 3.8) is 0 Å². The summed E-state index contributed by atoms with van der Waals surface area (Å²) in [5.74, 6) is -1.10. The van der Waals surface area contributed by atoms with Crippen LogP contribution in [0.2, 0.25) is 0 Å². The molecular formula is C9H6BrN3O3. The molecule has 1 aromatic heterocycles. The molecule has 0 spiro atoms. The summed E-state index contributed by atoms with van der Waals surface area (Å²) in [5.41, 5.74) is 0.343. The Bertz CT molecular complexity index is 553. The minimum atomic E-state index is -1.17. The predicted molar refractivity (Wildman–Crippen MR) is 57.7 cm³/mol. The van der Waals surface area contributed by atoms with Gasteiger partial charge in [-0.05, 0) is 28.1 Å². The van der Waals surface area contributed by atoms with Crippen LogP contribution in [-0.4, -0.2) is 31.2 Å². The summed E-state index contributed by atoms with van der Waals surface area (Å²) < 4.78 is 1.51. The number of hydrogen-bond acceptors (Lipinski definition) is 4. The average molecular weight is 284 g/mol. The highest BCUT2D eigenvalue weighted by Gasteiger charge is 2.17. The zero-order valence-electron chi connectivity index (χ0n) is 7.83. The SMILES string of the molecule is O=C(O)c1nnn(-c2cccc(O)c2)c1Br. The van der Waals surface area contributed by atoms with Gasteiger partial charge in [0, 0.05) is 6.07 Å². The molecule has 0 saturated heterocycles. The average Bonchev–Trinajstić information content (AvgIpc) is 2.60. The maximum atomic E-state index is 10.7. The maximum Gasteiger partial charge on any atom is 0.359 e. The van der Waals surface area contributed by atoms with Crippen LogP contribution in [0.4, 0.5) is 0 Å². The van der Waals surface area contributed by atoms with Gasteiger partial charge >= 0.3 is 5.97 Å². The van der Waals surface area contributed by atoms with Crippen LogP contribution in [0.3, 0.4) is 0 Å². The third kappa shape index (κ3) is 1.76. The normalized spacial score (nSPS) is 10.3. The summed E-state index contributed by atoms with van der Waals surface area (Å²) in [4.78, 5) is 10.7. The van der Waals surface area contributed by atoms with Crippen LogP contribution in [-0.2, 0) is 0 Å². The molecule has 7 heteroatoms. The van der Waals surface area contributed by atoms with E-state index in [1.165, 1.54) is 16.8 Å². The molecule has 2 N–H and O–H groups in total. The first kappa shape index (κ1) is 10.6. The van der Waals surface area contributed by atoms with Crippen LogP contribution in [0.25, 0.3) is 5.69 Å². The van der Waals surface area contributed by atoms with Gasteiger partial charge in [0.15, 0.2) is 0 Å². The number of phenols is 1. The van der Waals surface area contributed by atoms with Crippen LogP contribution in [0.5, 0.6) is 5.75 Å². The number of phenolic OH excluding ortho intramolecular Hbond substituents is 1. The highest BCUT2D eigenvalue weighted by atomic mass is 79.9. The molecule has 6 nitrogen and oxygen atoms in total. The number of benzene rings is 1. The summed E-state index contributed by atoms with van der Waals surface area (Å²) >= 11 is 3.09. The van der Waals surface area contributed by atoms with Crippen molar-refractivity contribution in [2.45, 2.75) is 0 Å². The van der Waals surface area contributed by atoms with E-state index in [0.717, 1.165) is 0 Å². The Hall–Kier alpha value is -1.89. The molecule has 0 bridgehead atoms. The quantitative estimate of drug-likeness (QED) is 0.871. The van der Waals surface area contributed by atoms with Crippen LogP contribution in [0.1, 0.15) is 10.5 Å². The number of carbonyl (C=O) groups is 1. The highest BCUT2D eigenvalue weighted by Crippen LogP contribution is 2.21. The Morgan fingerprint density at radius 2 is 2.19 bits per heavy atom. The predicted octanol–water partition coefficient (Wildman–Crippen LogP) is 1.43. The molecule has 2 rings (SSSR count). The van der Waals surface area contributed by atoms with Crippen LogP contribution < -0.4 is 0 Å². The second kappa shape index (κ2) is 3.93. The third-order valence-corrected chi connectivity index (χ3v) is 2.60. The Labute approximate surface area is 98.3 Å². The second-order valence-corrected chi connectivity index (χ2v) is 3.72. The number of aromatic carboxylic acids is 1. The van der Waals surface area contributed by atoms with Gasteiger partial charge in [0.25, 0.3) is 0 Å². The van der Waals surface area contributed by atoms with Crippen LogP contribution in [0, 0.1) is 0 Å². The zero-order chi connectivity index (χ0) is 11.7. The van der Waals surface area contributed by atoms with E-state index in [1.54, 1.807) is 12.1 Å². The van der Waals surface area contributed by atoms with Crippen molar-refractivity contribution in [1.29, 1.82) is 0 Å². The molecule has 0 aliphatic carbocycles. The van der Waals surface area contributed by atoms with E-state index < -0.39 is 5.97 Å². The second-order valence-electron chi connectivity index (χ2n) is 2.97. The van der Waals surface area contributed by atoms with Crippen molar-refractivity contribution in [3.05, 3.63) is 34.6 Å². The fourth-order valence-corrected chi connectivity index (χ4v) is 1.72. The number of aromatic hydroxyl groups is 1. The number of carboxylic acid groups (broad SMARTS) is 1. The van der Waals surface area contributed by atoms with Crippen molar-refractivity contribution in [2.75, 3.05) is 0 Å². The number of rotatable bonds is 2. The highest BCUT2D eigenvalue weighted by molar-refractivity contribution is 9.10. The molecule has 0 atom stereocenters. The molecule has 0 unspecified atom stereocenters. The Balaban J connectivity index is 2.53. The monoisotopic (exact) mass is 283 g/mol. The van der Waals surface area contributed by atoms with Gasteiger partial charge in [0.2, 0.25) is 5.69 Å². The molecule has 0 saturated carbocycles. The molecule has 82 valence electrons. The van der Waals surface area contributed by atoms with Gasteiger partial charge in [-0.25, -0.2) is 9.48 Å². The lowest BCUT2D eigenvalue weighted by atomic mass is 10.3. The number of nitrogens with zero attached hydrogens (tertiary/aromatic N) is 3. The summed E-state index contributed by atoms with van der Waals surface area (Å²) in [6.45, 7) is 0. The van der Waals surface area contributed by atoms with E-state index >= 15 is 0 Å². The van der Waals surface area contributed by atoms with Gasteiger partial charge < -0.3 is 10.2 Å². The van der Waals surface area contributed by atoms with E-state index in [-0.39, 0.29) is 16.0 Å². The molecule has 16 heavy (non-hydrogen) atoms. The van der Waals surface area contributed by atoms with Crippen molar-refractivity contribution >= 4 is 21.9 Å². The van der Waals surface area contributed by atoms with Gasteiger partial charge in [-0.1, -0.05) is 11.3 Å². The van der Waals surface area contributed by atoms with E-state index in [9.17, 15) is 9.90 Å². The zero-order valence-corrected chi connectivity index (χ0v) is 9.42. The molecule has 2 aromatic rings. The van der Waals surface area contributed by atoms with E-state index in [4.69, 9.17) is 5.11 Å². The van der Waals surface area contributed by atoms with Gasteiger partial charge in [0.05, 0.1) is 5.69 Å². The van der Waals surface area contributed by atoms with Crippen molar-refractivity contribution in [1.82, 2.24) is 15.0 Å². The van der Waals surface area contributed by atoms with E-state index in [0.29, 0.717) is 5.69 Å². The maximum absolute atomic E-state index is 10.7.